The summed E-state index contributed by atoms with van der Waals surface area (Å²) in [5.74, 6) is 2.15. The molecule has 0 aromatic heterocycles. The number of nitrogens with one attached hydrogen (secondary N) is 2. The number of likely N-dealkylation sites (N-methyl/N-ethyl adjacent to an activating group) is 1. The first kappa shape index (κ1) is 14.8. The highest BCUT2D eigenvalue weighted by atomic mass is 32.2. The second-order valence-electron chi connectivity index (χ2n) is 4.38. The summed E-state index contributed by atoms with van der Waals surface area (Å²) in [6.07, 6.45) is 0. The normalized spacial score (nSPS) is 25.8. The first-order valence-electron chi connectivity index (χ1n) is 6.38. The van der Waals surface area contributed by atoms with Gasteiger partial charge in [-0.15, -0.1) is 0 Å². The minimum absolute atomic E-state index is 0.0379. The number of ether oxygens (including phenoxy) is 1. The second kappa shape index (κ2) is 7.95. The third kappa shape index (κ3) is 4.85. The van der Waals surface area contributed by atoms with Crippen LogP contribution in [0.25, 0.3) is 0 Å². The largest absolute Gasteiger partial charge is 0.379 e. The number of thioether (sulfide) groups is 1. The van der Waals surface area contributed by atoms with Crippen LogP contribution in [0.1, 0.15) is 20.8 Å². The average Bonchev–Trinajstić information content (AvgIpc) is 2.75. The van der Waals surface area contributed by atoms with Crippen LogP contribution in [-0.4, -0.2) is 49.3 Å². The smallest absolute Gasteiger partial charge is 0.227 e. The summed E-state index contributed by atoms with van der Waals surface area (Å²) < 4.78 is 5.38. The lowest BCUT2D eigenvalue weighted by Crippen LogP contribution is -2.46. The molecule has 1 amide bonds. The molecule has 1 fully saturated rings. The molecular weight excluding hydrogens is 236 g/mol. The topological polar surface area (TPSA) is 50.4 Å². The third-order valence-corrected chi connectivity index (χ3v) is 3.99. The van der Waals surface area contributed by atoms with Crippen molar-refractivity contribution in [2.45, 2.75) is 32.9 Å². The van der Waals surface area contributed by atoms with Gasteiger partial charge in [-0.05, 0) is 19.2 Å². The zero-order chi connectivity index (χ0) is 12.7. The van der Waals surface area contributed by atoms with E-state index in [1.54, 1.807) is 0 Å². The lowest BCUT2D eigenvalue weighted by molar-refractivity contribution is -0.125. The number of amides is 1. The molecule has 5 heteroatoms. The summed E-state index contributed by atoms with van der Waals surface area (Å²) in [5, 5.41) is 6.37. The number of hydrogen-bond acceptors (Lipinski definition) is 4. The Kier molecular flexibility index (Phi) is 6.92. The Balaban J connectivity index is 2.35. The molecule has 17 heavy (non-hydrogen) atoms. The van der Waals surface area contributed by atoms with Gasteiger partial charge in [0.05, 0.1) is 19.1 Å². The highest BCUT2D eigenvalue weighted by Crippen LogP contribution is 2.14. The van der Waals surface area contributed by atoms with Crippen LogP contribution in [0, 0.1) is 5.92 Å². The quantitative estimate of drug-likeness (QED) is 0.713. The molecule has 4 nitrogen and oxygen atoms in total. The zero-order valence-electron chi connectivity index (χ0n) is 11.0. The van der Waals surface area contributed by atoms with E-state index in [0.29, 0.717) is 13.2 Å². The van der Waals surface area contributed by atoms with Crippen molar-refractivity contribution >= 4 is 17.7 Å². The van der Waals surface area contributed by atoms with Crippen molar-refractivity contribution in [2.75, 3.05) is 31.3 Å². The molecule has 1 rings (SSSR count). The molecule has 1 saturated heterocycles. The Morgan fingerprint density at radius 2 is 2.24 bits per heavy atom. The van der Waals surface area contributed by atoms with Crippen molar-refractivity contribution in [1.82, 2.24) is 10.6 Å². The molecule has 1 heterocycles. The van der Waals surface area contributed by atoms with Crippen LogP contribution in [-0.2, 0) is 9.53 Å². The summed E-state index contributed by atoms with van der Waals surface area (Å²) in [4.78, 5) is 12.1. The van der Waals surface area contributed by atoms with Crippen LogP contribution in [0.2, 0.25) is 0 Å². The van der Waals surface area contributed by atoms with Gasteiger partial charge >= 0.3 is 0 Å². The molecule has 0 radical (unpaired) electrons. The molecule has 2 N–H and O–H groups in total. The van der Waals surface area contributed by atoms with Crippen LogP contribution in [0.15, 0.2) is 0 Å². The fourth-order valence-corrected chi connectivity index (χ4v) is 2.63. The van der Waals surface area contributed by atoms with Gasteiger partial charge in [0, 0.05) is 17.8 Å². The molecule has 3 unspecified atom stereocenters. The van der Waals surface area contributed by atoms with E-state index in [1.807, 2.05) is 18.7 Å². The summed E-state index contributed by atoms with van der Waals surface area (Å²) >= 11 is 1.85. The average molecular weight is 260 g/mol. The van der Waals surface area contributed by atoms with Gasteiger partial charge in [0.1, 0.15) is 0 Å². The van der Waals surface area contributed by atoms with Crippen molar-refractivity contribution in [1.29, 1.82) is 0 Å². The lowest BCUT2D eigenvalue weighted by atomic mass is 10.0. The third-order valence-electron chi connectivity index (χ3n) is 2.84. The maximum atomic E-state index is 12.1. The van der Waals surface area contributed by atoms with Gasteiger partial charge in [-0.1, -0.05) is 13.8 Å². The van der Waals surface area contributed by atoms with Crippen molar-refractivity contribution in [3.63, 3.8) is 0 Å². The van der Waals surface area contributed by atoms with Crippen LogP contribution in [0.5, 0.6) is 0 Å². The van der Waals surface area contributed by atoms with Crippen molar-refractivity contribution < 1.29 is 9.53 Å². The molecule has 100 valence electrons. The number of rotatable bonds is 7. The Hall–Kier alpha value is -0.260. The second-order valence-corrected chi connectivity index (χ2v) is 5.70. The fourth-order valence-electron chi connectivity index (χ4n) is 1.96. The number of carbonyl (C=O) groups excluding carboxylic acids is 1. The summed E-state index contributed by atoms with van der Waals surface area (Å²) in [5.41, 5.74) is 0. The SMILES string of the molecule is CCNC1COCC1C(=O)NC(C)CSCC. The maximum absolute atomic E-state index is 12.1. The fraction of sp³-hybridized carbons (Fsp3) is 0.917. The van der Waals surface area contributed by atoms with E-state index in [-0.39, 0.29) is 23.9 Å². The van der Waals surface area contributed by atoms with Gasteiger partial charge < -0.3 is 15.4 Å². The van der Waals surface area contributed by atoms with Crippen molar-refractivity contribution in [3.05, 3.63) is 0 Å². The van der Waals surface area contributed by atoms with Gasteiger partial charge in [-0.3, -0.25) is 4.79 Å². The summed E-state index contributed by atoms with van der Waals surface area (Å²) in [6.45, 7) is 8.29. The Morgan fingerprint density at radius 1 is 1.47 bits per heavy atom. The van der Waals surface area contributed by atoms with E-state index in [4.69, 9.17) is 4.74 Å². The van der Waals surface area contributed by atoms with Crippen LogP contribution >= 0.6 is 11.8 Å². The predicted octanol–water partition coefficient (Wildman–Crippen LogP) is 0.869. The van der Waals surface area contributed by atoms with E-state index in [9.17, 15) is 4.79 Å². The highest BCUT2D eigenvalue weighted by Gasteiger charge is 2.33. The van der Waals surface area contributed by atoms with E-state index >= 15 is 0 Å². The van der Waals surface area contributed by atoms with Crippen LogP contribution in [0.3, 0.4) is 0 Å². The van der Waals surface area contributed by atoms with E-state index in [2.05, 4.69) is 24.5 Å². The first-order chi connectivity index (χ1) is 8.19. The molecule has 0 spiro atoms. The maximum Gasteiger partial charge on any atom is 0.227 e. The van der Waals surface area contributed by atoms with Crippen molar-refractivity contribution in [2.24, 2.45) is 5.92 Å². The molecule has 0 aromatic carbocycles. The minimum Gasteiger partial charge on any atom is -0.379 e. The Morgan fingerprint density at radius 3 is 2.88 bits per heavy atom. The van der Waals surface area contributed by atoms with Gasteiger partial charge in [0.2, 0.25) is 5.91 Å². The molecule has 0 aliphatic carbocycles. The van der Waals surface area contributed by atoms with Gasteiger partial charge in [0.25, 0.3) is 0 Å². The molecular formula is C12H24N2O2S. The lowest BCUT2D eigenvalue weighted by Gasteiger charge is -2.20. The zero-order valence-corrected chi connectivity index (χ0v) is 11.8. The highest BCUT2D eigenvalue weighted by molar-refractivity contribution is 7.99. The Bertz CT molecular complexity index is 239. The van der Waals surface area contributed by atoms with Gasteiger partial charge in [0.15, 0.2) is 0 Å². The van der Waals surface area contributed by atoms with Gasteiger partial charge in [-0.25, -0.2) is 0 Å². The molecule has 1 aliphatic rings. The van der Waals surface area contributed by atoms with E-state index in [1.165, 1.54) is 0 Å². The molecule has 0 saturated carbocycles. The van der Waals surface area contributed by atoms with E-state index < -0.39 is 0 Å². The first-order valence-corrected chi connectivity index (χ1v) is 7.53. The number of carbonyl (C=O) groups is 1. The van der Waals surface area contributed by atoms with Crippen LogP contribution in [0.4, 0.5) is 0 Å². The monoisotopic (exact) mass is 260 g/mol. The molecule has 1 aliphatic heterocycles. The van der Waals surface area contributed by atoms with E-state index in [0.717, 1.165) is 18.1 Å². The standard InChI is InChI=1S/C12H24N2O2S/c1-4-13-11-7-16-6-10(11)12(15)14-9(3)8-17-5-2/h9-11,13H,4-8H2,1-3H3,(H,14,15). The number of hydrogen-bond donors (Lipinski definition) is 2. The predicted molar refractivity (Wildman–Crippen MR) is 72.4 cm³/mol. The van der Waals surface area contributed by atoms with Crippen LogP contribution < -0.4 is 10.6 Å². The van der Waals surface area contributed by atoms with Gasteiger partial charge in [-0.2, -0.15) is 11.8 Å². The molecule has 0 bridgehead atoms. The molecule has 0 aromatic rings. The summed E-state index contributed by atoms with van der Waals surface area (Å²) in [6, 6.07) is 0.404. The minimum atomic E-state index is -0.0379. The Labute approximate surface area is 108 Å². The molecule has 3 atom stereocenters. The summed E-state index contributed by atoms with van der Waals surface area (Å²) in [7, 11) is 0. The van der Waals surface area contributed by atoms with Crippen molar-refractivity contribution in [3.8, 4) is 0 Å².